The molecule has 0 unspecified atom stereocenters. The number of nitrogens with two attached hydrogens (primary N) is 1. The molecule has 0 saturated carbocycles. The fourth-order valence-electron chi connectivity index (χ4n) is 2.19. The van der Waals surface area contributed by atoms with Crippen molar-refractivity contribution in [1.29, 1.82) is 0 Å². The van der Waals surface area contributed by atoms with Gasteiger partial charge >= 0.3 is 0 Å². The lowest BCUT2D eigenvalue weighted by Crippen LogP contribution is -1.99. The summed E-state index contributed by atoms with van der Waals surface area (Å²) < 4.78 is 19.1. The molecule has 2 aromatic carbocycles. The number of hydrogen-bond acceptors (Lipinski definition) is 4. The molecule has 0 aliphatic heterocycles. The van der Waals surface area contributed by atoms with Crippen molar-refractivity contribution >= 4 is 16.7 Å². The average molecular weight is 283 g/mol. The highest BCUT2D eigenvalue weighted by Gasteiger charge is 2.12. The van der Waals surface area contributed by atoms with Gasteiger partial charge in [0, 0.05) is 5.39 Å². The Morgan fingerprint density at radius 2 is 1.90 bits per heavy atom. The highest BCUT2D eigenvalue weighted by Crippen LogP contribution is 2.28. The summed E-state index contributed by atoms with van der Waals surface area (Å²) in [5.41, 5.74) is 7.91. The van der Waals surface area contributed by atoms with Gasteiger partial charge in [0.05, 0.1) is 18.2 Å². The standard InChI is InChI=1S/C16H14FN3O/c1-9-3-5-13(17)11(7-9)16-19-14-6-4-10(21-2)8-12(14)15(18)20-16/h3-8H,1-2H3,(H2,18,19,20). The molecular formula is C16H14FN3O. The Kier molecular flexibility index (Phi) is 3.17. The van der Waals surface area contributed by atoms with Gasteiger partial charge in [-0.15, -0.1) is 0 Å². The van der Waals surface area contributed by atoms with Gasteiger partial charge in [0.1, 0.15) is 17.4 Å². The van der Waals surface area contributed by atoms with Crippen LogP contribution in [-0.4, -0.2) is 17.1 Å². The van der Waals surface area contributed by atoms with Crippen molar-refractivity contribution in [1.82, 2.24) is 9.97 Å². The summed E-state index contributed by atoms with van der Waals surface area (Å²) in [6.45, 7) is 1.89. The van der Waals surface area contributed by atoms with Gasteiger partial charge < -0.3 is 10.5 Å². The molecule has 0 bridgehead atoms. The third kappa shape index (κ3) is 2.38. The smallest absolute Gasteiger partial charge is 0.165 e. The number of halogens is 1. The van der Waals surface area contributed by atoms with Crippen molar-refractivity contribution < 1.29 is 9.13 Å². The van der Waals surface area contributed by atoms with E-state index >= 15 is 0 Å². The molecule has 3 rings (SSSR count). The Morgan fingerprint density at radius 3 is 2.67 bits per heavy atom. The molecule has 0 saturated heterocycles. The summed E-state index contributed by atoms with van der Waals surface area (Å²) >= 11 is 0. The van der Waals surface area contributed by atoms with Crippen LogP contribution in [0, 0.1) is 12.7 Å². The number of methoxy groups -OCH3 is 1. The van der Waals surface area contributed by atoms with Gasteiger partial charge in [0.2, 0.25) is 0 Å². The van der Waals surface area contributed by atoms with E-state index in [4.69, 9.17) is 10.5 Å². The van der Waals surface area contributed by atoms with Crippen LogP contribution in [-0.2, 0) is 0 Å². The number of hydrogen-bond donors (Lipinski definition) is 1. The molecule has 5 heteroatoms. The molecule has 0 atom stereocenters. The summed E-state index contributed by atoms with van der Waals surface area (Å²) in [4.78, 5) is 8.62. The first kappa shape index (κ1) is 13.3. The SMILES string of the molecule is COc1ccc2nc(-c3cc(C)ccc3F)nc(N)c2c1. The first-order chi connectivity index (χ1) is 10.1. The van der Waals surface area contributed by atoms with Gasteiger partial charge in [0.15, 0.2) is 5.82 Å². The molecular weight excluding hydrogens is 269 g/mol. The molecule has 106 valence electrons. The van der Waals surface area contributed by atoms with Crippen molar-refractivity contribution in [3.63, 3.8) is 0 Å². The van der Waals surface area contributed by atoms with Gasteiger partial charge in [-0.2, -0.15) is 0 Å². The van der Waals surface area contributed by atoms with Gasteiger partial charge in [-0.25, -0.2) is 14.4 Å². The maximum Gasteiger partial charge on any atom is 0.165 e. The van der Waals surface area contributed by atoms with Crippen LogP contribution in [0.1, 0.15) is 5.56 Å². The first-order valence-electron chi connectivity index (χ1n) is 6.46. The Labute approximate surface area is 121 Å². The van der Waals surface area contributed by atoms with Crippen LogP contribution in [0.2, 0.25) is 0 Å². The second kappa shape index (κ2) is 5.01. The Morgan fingerprint density at radius 1 is 1.10 bits per heavy atom. The van der Waals surface area contributed by atoms with E-state index < -0.39 is 0 Å². The number of aryl methyl sites for hydroxylation is 1. The lowest BCUT2D eigenvalue weighted by atomic mass is 10.1. The number of nitrogen functional groups attached to an aromatic ring is 1. The van der Waals surface area contributed by atoms with E-state index in [1.807, 2.05) is 6.92 Å². The molecule has 1 aromatic heterocycles. The number of fused-ring (bicyclic) bond motifs is 1. The minimum Gasteiger partial charge on any atom is -0.497 e. The monoisotopic (exact) mass is 283 g/mol. The number of aromatic nitrogens is 2. The van der Waals surface area contributed by atoms with E-state index in [1.54, 1.807) is 37.4 Å². The lowest BCUT2D eigenvalue weighted by Gasteiger charge is -2.08. The zero-order valence-corrected chi connectivity index (χ0v) is 11.7. The predicted molar refractivity (Wildman–Crippen MR) is 80.6 cm³/mol. The molecule has 3 aromatic rings. The molecule has 0 amide bonds. The highest BCUT2D eigenvalue weighted by atomic mass is 19.1. The van der Waals surface area contributed by atoms with Crippen LogP contribution in [0.3, 0.4) is 0 Å². The van der Waals surface area contributed by atoms with E-state index in [-0.39, 0.29) is 11.6 Å². The molecule has 1 heterocycles. The Balaban J connectivity index is 2.23. The average Bonchev–Trinajstić information content (AvgIpc) is 2.49. The summed E-state index contributed by atoms with van der Waals surface area (Å²) in [5.74, 6) is 0.890. The van der Waals surface area contributed by atoms with Crippen LogP contribution in [0.5, 0.6) is 5.75 Å². The van der Waals surface area contributed by atoms with Gasteiger partial charge in [-0.3, -0.25) is 0 Å². The van der Waals surface area contributed by atoms with Crippen molar-refractivity contribution in [2.75, 3.05) is 12.8 Å². The summed E-state index contributed by atoms with van der Waals surface area (Å²) in [7, 11) is 1.58. The van der Waals surface area contributed by atoms with Gasteiger partial charge in [0.25, 0.3) is 0 Å². The van der Waals surface area contributed by atoms with Crippen LogP contribution in [0.15, 0.2) is 36.4 Å². The molecule has 4 nitrogen and oxygen atoms in total. The Hall–Kier alpha value is -2.69. The zero-order valence-electron chi connectivity index (χ0n) is 11.7. The number of benzene rings is 2. The van der Waals surface area contributed by atoms with Crippen LogP contribution in [0.25, 0.3) is 22.3 Å². The van der Waals surface area contributed by atoms with Crippen LogP contribution >= 0.6 is 0 Å². The normalized spacial score (nSPS) is 10.8. The number of anilines is 1. The minimum absolute atomic E-state index is 0.284. The van der Waals surface area contributed by atoms with Crippen molar-refractivity contribution in [3.8, 4) is 17.1 Å². The van der Waals surface area contributed by atoms with E-state index in [2.05, 4.69) is 9.97 Å². The van der Waals surface area contributed by atoms with Gasteiger partial charge in [-0.1, -0.05) is 11.6 Å². The fourth-order valence-corrected chi connectivity index (χ4v) is 2.19. The van der Waals surface area contributed by atoms with E-state index in [0.717, 1.165) is 5.56 Å². The molecule has 0 radical (unpaired) electrons. The molecule has 2 N–H and O–H groups in total. The number of ether oxygens (including phenoxy) is 1. The molecule has 0 aliphatic carbocycles. The minimum atomic E-state index is -0.368. The molecule has 0 aliphatic rings. The molecule has 21 heavy (non-hydrogen) atoms. The number of nitrogens with zero attached hydrogens (tertiary/aromatic N) is 2. The summed E-state index contributed by atoms with van der Waals surface area (Å²) in [5, 5.41) is 0.686. The second-order valence-electron chi connectivity index (χ2n) is 4.80. The van der Waals surface area contributed by atoms with E-state index in [0.29, 0.717) is 28.0 Å². The number of rotatable bonds is 2. The first-order valence-corrected chi connectivity index (χ1v) is 6.46. The topological polar surface area (TPSA) is 61.0 Å². The van der Waals surface area contributed by atoms with Gasteiger partial charge in [-0.05, 0) is 37.3 Å². The molecule has 0 fully saturated rings. The van der Waals surface area contributed by atoms with Crippen LogP contribution in [0.4, 0.5) is 10.2 Å². The predicted octanol–water partition coefficient (Wildman–Crippen LogP) is 3.34. The van der Waals surface area contributed by atoms with E-state index in [1.165, 1.54) is 6.07 Å². The zero-order chi connectivity index (χ0) is 15.0. The maximum absolute atomic E-state index is 14.0. The van der Waals surface area contributed by atoms with Crippen molar-refractivity contribution in [2.24, 2.45) is 0 Å². The van der Waals surface area contributed by atoms with Crippen molar-refractivity contribution in [3.05, 3.63) is 47.8 Å². The summed E-state index contributed by atoms with van der Waals surface area (Å²) in [6.07, 6.45) is 0. The van der Waals surface area contributed by atoms with Crippen molar-refractivity contribution in [2.45, 2.75) is 6.92 Å². The fraction of sp³-hybridized carbons (Fsp3) is 0.125. The highest BCUT2D eigenvalue weighted by molar-refractivity contribution is 5.90. The maximum atomic E-state index is 14.0. The lowest BCUT2D eigenvalue weighted by molar-refractivity contribution is 0.415. The molecule has 0 spiro atoms. The van der Waals surface area contributed by atoms with Crippen LogP contribution < -0.4 is 10.5 Å². The quantitative estimate of drug-likeness (QED) is 0.783. The Bertz CT molecular complexity index is 833. The summed E-state index contributed by atoms with van der Waals surface area (Å²) in [6, 6.07) is 10.1. The van der Waals surface area contributed by atoms with E-state index in [9.17, 15) is 4.39 Å². The third-order valence-corrected chi connectivity index (χ3v) is 3.30. The largest absolute Gasteiger partial charge is 0.497 e. The third-order valence-electron chi connectivity index (χ3n) is 3.30. The second-order valence-corrected chi connectivity index (χ2v) is 4.80.